The summed E-state index contributed by atoms with van der Waals surface area (Å²) in [6.45, 7) is 1.91. The molecular weight excluding hydrogens is 270 g/mol. The van der Waals surface area contributed by atoms with Gasteiger partial charge in [0.2, 0.25) is 10.2 Å². The summed E-state index contributed by atoms with van der Waals surface area (Å²) in [7, 11) is -2.69. The van der Waals surface area contributed by atoms with Crippen molar-refractivity contribution < 1.29 is 8.76 Å². The minimum Gasteiger partial charge on any atom is -0.352 e. The van der Waals surface area contributed by atoms with Gasteiger partial charge in [-0.3, -0.25) is 0 Å². The molecule has 7 heteroatoms. The van der Waals surface area contributed by atoms with Crippen molar-refractivity contribution in [2.24, 2.45) is 0 Å². The summed E-state index contributed by atoms with van der Waals surface area (Å²) >= 11 is 5.18. The molecule has 1 aliphatic rings. The van der Waals surface area contributed by atoms with E-state index in [0.717, 1.165) is 0 Å². The van der Waals surface area contributed by atoms with Crippen LogP contribution in [0.2, 0.25) is 0 Å². The number of rotatable bonds is 2. The van der Waals surface area contributed by atoms with E-state index >= 15 is 0 Å². The lowest BCUT2D eigenvalue weighted by Gasteiger charge is -2.23. The van der Waals surface area contributed by atoms with Crippen LogP contribution in [0.3, 0.4) is 0 Å². The second-order valence-corrected chi connectivity index (χ2v) is 7.38. The minimum absolute atomic E-state index is 0.226. The Kier molecular flexibility index (Phi) is 3.65. The van der Waals surface area contributed by atoms with Crippen molar-refractivity contribution >= 4 is 33.4 Å². The first-order chi connectivity index (χ1) is 8.39. The van der Waals surface area contributed by atoms with Crippen molar-refractivity contribution in [3.8, 4) is 0 Å². The molecule has 1 aliphatic heterocycles. The molecule has 18 heavy (non-hydrogen) atoms. The Morgan fingerprint density at radius 3 is 2.94 bits per heavy atom. The summed E-state index contributed by atoms with van der Waals surface area (Å²) in [4.78, 5) is 4.10. The van der Waals surface area contributed by atoms with E-state index in [-0.39, 0.29) is 5.75 Å². The van der Waals surface area contributed by atoms with Crippen LogP contribution in [-0.4, -0.2) is 31.7 Å². The predicted molar refractivity (Wildman–Crippen MR) is 77.0 cm³/mol. The summed E-state index contributed by atoms with van der Waals surface area (Å²) in [6, 6.07) is 5.48. The van der Waals surface area contributed by atoms with Gasteiger partial charge in [-0.2, -0.15) is 4.55 Å². The van der Waals surface area contributed by atoms with Gasteiger partial charge in [0.25, 0.3) is 0 Å². The number of aromatic nitrogens is 1. The van der Waals surface area contributed by atoms with Crippen LogP contribution in [-0.2, 0) is 14.4 Å². The highest BCUT2D eigenvalue weighted by Gasteiger charge is 2.47. The smallest absolute Gasteiger partial charge is 0.216 e. The van der Waals surface area contributed by atoms with Gasteiger partial charge < -0.3 is 10.6 Å². The fourth-order valence-corrected chi connectivity index (χ4v) is 4.46. The number of hydrogen-bond acceptors (Lipinski definition) is 3. The van der Waals surface area contributed by atoms with Crippen LogP contribution < -0.4 is 10.6 Å². The zero-order chi connectivity index (χ0) is 13.2. The predicted octanol–water partition coefficient (Wildman–Crippen LogP) is 1.50. The first-order valence-electron chi connectivity index (χ1n) is 5.61. The normalized spacial score (nSPS) is 31.0. The molecule has 1 aromatic heterocycles. The maximum Gasteiger partial charge on any atom is 0.216 e. The van der Waals surface area contributed by atoms with Gasteiger partial charge >= 0.3 is 0 Å². The van der Waals surface area contributed by atoms with Crippen LogP contribution in [0, 0.1) is 0 Å². The summed E-state index contributed by atoms with van der Waals surface area (Å²) in [5.74, 6) is 1.20. The number of hydrogen-bond donors (Lipinski definition) is 3. The van der Waals surface area contributed by atoms with E-state index < -0.39 is 15.8 Å². The molecule has 98 valence electrons. The van der Waals surface area contributed by atoms with Crippen LogP contribution in [0.5, 0.6) is 0 Å². The number of pyridine rings is 1. The van der Waals surface area contributed by atoms with E-state index in [0.29, 0.717) is 23.1 Å². The van der Waals surface area contributed by atoms with Gasteiger partial charge in [-0.25, -0.2) is 4.98 Å². The number of nitrogens with one attached hydrogen (secondary N) is 2. The number of anilines is 1. The van der Waals surface area contributed by atoms with E-state index in [1.165, 1.54) is 0 Å². The largest absolute Gasteiger partial charge is 0.352 e. The van der Waals surface area contributed by atoms with Crippen molar-refractivity contribution in [1.82, 2.24) is 10.3 Å². The highest BCUT2D eigenvalue weighted by atomic mass is 32.3. The fourth-order valence-electron chi connectivity index (χ4n) is 1.98. The van der Waals surface area contributed by atoms with Gasteiger partial charge in [0.15, 0.2) is 10.9 Å². The van der Waals surface area contributed by atoms with Gasteiger partial charge in [-0.05, 0) is 31.3 Å². The second kappa shape index (κ2) is 4.91. The van der Waals surface area contributed by atoms with Crippen LogP contribution >= 0.6 is 12.2 Å². The molecule has 0 aromatic carbocycles. The molecule has 5 nitrogen and oxygen atoms in total. The monoisotopic (exact) mass is 286 g/mol. The first-order valence-corrected chi connectivity index (χ1v) is 7.87. The first kappa shape index (κ1) is 13.4. The van der Waals surface area contributed by atoms with Crippen molar-refractivity contribution in [3.05, 3.63) is 24.4 Å². The third-order valence-corrected chi connectivity index (χ3v) is 4.97. The second-order valence-electron chi connectivity index (χ2n) is 4.73. The van der Waals surface area contributed by atoms with Crippen molar-refractivity contribution in [1.29, 1.82) is 0 Å². The molecule has 2 atom stereocenters. The third kappa shape index (κ3) is 3.47. The van der Waals surface area contributed by atoms with Gasteiger partial charge in [0.1, 0.15) is 11.6 Å². The maximum atomic E-state index is 11.6. The van der Waals surface area contributed by atoms with E-state index in [4.69, 9.17) is 12.2 Å². The molecule has 0 spiro atoms. The Bertz CT molecular complexity index is 494. The zero-order valence-electron chi connectivity index (χ0n) is 10.0. The summed E-state index contributed by atoms with van der Waals surface area (Å²) in [5.41, 5.74) is -0.426. The molecule has 1 aromatic rings. The summed E-state index contributed by atoms with van der Waals surface area (Å²) in [6.07, 6.45) is 2.30. The quantitative estimate of drug-likeness (QED) is 0.565. The highest BCUT2D eigenvalue weighted by Crippen LogP contribution is 2.26. The highest BCUT2D eigenvalue weighted by molar-refractivity contribution is 7.98. The Hall–Kier alpha value is -1.05. The number of thiocarbonyl (C=S) groups is 1. The van der Waals surface area contributed by atoms with Gasteiger partial charge in [0, 0.05) is 12.6 Å². The fraction of sp³-hybridized carbons (Fsp3) is 0.455. The van der Waals surface area contributed by atoms with Crippen molar-refractivity contribution in [3.63, 3.8) is 0 Å². The molecule has 1 fully saturated rings. The molecule has 0 amide bonds. The summed E-state index contributed by atoms with van der Waals surface area (Å²) in [5, 5.41) is 6.48. The molecule has 2 rings (SSSR count). The zero-order valence-corrected chi connectivity index (χ0v) is 11.7. The number of nitrogens with zero attached hydrogens (tertiary/aromatic N) is 1. The third-order valence-electron chi connectivity index (χ3n) is 2.84. The SMILES string of the molecule is C[C@]1(NC(=S)Nc2ccccn2)CC[S+](=O)(O)C1. The molecule has 3 N–H and O–H groups in total. The topological polar surface area (TPSA) is 74.2 Å². The van der Waals surface area contributed by atoms with Crippen LogP contribution in [0.25, 0.3) is 0 Å². The maximum absolute atomic E-state index is 11.6. The van der Waals surface area contributed by atoms with Crippen LogP contribution in [0.15, 0.2) is 24.4 Å². The lowest BCUT2D eigenvalue weighted by atomic mass is 10.0. The van der Waals surface area contributed by atoms with Crippen molar-refractivity contribution in [2.45, 2.75) is 18.9 Å². The Morgan fingerprint density at radius 1 is 1.61 bits per heavy atom. The average molecular weight is 286 g/mol. The Morgan fingerprint density at radius 2 is 2.39 bits per heavy atom. The van der Waals surface area contributed by atoms with E-state index in [2.05, 4.69) is 15.6 Å². The van der Waals surface area contributed by atoms with Gasteiger partial charge in [0.05, 0.1) is 5.54 Å². The molecule has 0 aliphatic carbocycles. The lowest BCUT2D eigenvalue weighted by molar-refractivity contribution is 0.466. The van der Waals surface area contributed by atoms with E-state index in [1.807, 2.05) is 19.1 Å². The standard InChI is InChI=1S/C11H15N3O2S2/c1-11(5-7-18(15,16)8-11)14-10(17)13-9-4-2-3-6-12-9/h2-4,6H,5,7-8H2,1H3,(H2-,12,13,14,15,16,17)/p+1/t11-/m0/s1. The van der Waals surface area contributed by atoms with Crippen LogP contribution in [0.4, 0.5) is 5.82 Å². The minimum atomic E-state index is -2.69. The Labute approximate surface area is 113 Å². The Balaban J connectivity index is 1.94. The van der Waals surface area contributed by atoms with Crippen molar-refractivity contribution in [2.75, 3.05) is 16.8 Å². The molecule has 2 heterocycles. The van der Waals surface area contributed by atoms with Crippen LogP contribution in [0.1, 0.15) is 13.3 Å². The molecule has 1 unspecified atom stereocenters. The molecule has 0 radical (unpaired) electrons. The van der Waals surface area contributed by atoms with Gasteiger partial charge in [-0.15, -0.1) is 0 Å². The lowest BCUT2D eigenvalue weighted by Crippen LogP contribution is -2.49. The van der Waals surface area contributed by atoms with E-state index in [1.54, 1.807) is 12.3 Å². The average Bonchev–Trinajstić information content (AvgIpc) is 2.53. The molecule has 1 saturated heterocycles. The molecule has 0 saturated carbocycles. The molecular formula is C11H16N3O2S2+. The summed E-state index contributed by atoms with van der Waals surface area (Å²) < 4.78 is 21.1. The molecule has 0 bridgehead atoms. The van der Waals surface area contributed by atoms with Gasteiger partial charge in [-0.1, -0.05) is 10.3 Å². The van der Waals surface area contributed by atoms with E-state index in [9.17, 15) is 8.76 Å².